The van der Waals surface area contributed by atoms with Crippen LogP contribution in [0.5, 0.6) is 0 Å². The number of nitrogens with one attached hydrogen (secondary N) is 1. The number of aromatic nitrogens is 4. The number of hydrogen-bond acceptors (Lipinski definition) is 4. The molecule has 1 aliphatic heterocycles. The van der Waals surface area contributed by atoms with E-state index in [1.54, 1.807) is 11.8 Å². The van der Waals surface area contributed by atoms with Gasteiger partial charge >= 0.3 is 0 Å². The average molecular weight is 382 g/mol. The Bertz CT molecular complexity index is 983. The molecule has 1 aliphatic carbocycles. The topological polar surface area (TPSA) is 66.8 Å². The monoisotopic (exact) mass is 381 g/mol. The van der Waals surface area contributed by atoms with E-state index in [0.29, 0.717) is 6.04 Å². The first kappa shape index (κ1) is 16.9. The molecule has 7 heteroatoms. The minimum atomic E-state index is -0.138. The van der Waals surface area contributed by atoms with E-state index >= 15 is 0 Å². The van der Waals surface area contributed by atoms with Crippen LogP contribution in [-0.4, -0.2) is 48.9 Å². The Hall–Kier alpha value is -2.28. The van der Waals surface area contributed by atoms with Crippen LogP contribution in [0.1, 0.15) is 38.6 Å². The lowest BCUT2D eigenvalue weighted by Crippen LogP contribution is -2.34. The first-order valence-electron chi connectivity index (χ1n) is 9.69. The lowest BCUT2D eigenvalue weighted by molar-refractivity contribution is -0.129. The molecule has 2 fully saturated rings. The summed E-state index contributed by atoms with van der Waals surface area (Å²) in [6.07, 6.45) is 6.55. The van der Waals surface area contributed by atoms with Crippen molar-refractivity contribution in [2.24, 2.45) is 0 Å². The van der Waals surface area contributed by atoms with E-state index < -0.39 is 0 Å². The van der Waals surface area contributed by atoms with E-state index in [0.717, 1.165) is 66.2 Å². The van der Waals surface area contributed by atoms with E-state index in [2.05, 4.69) is 31.9 Å². The van der Waals surface area contributed by atoms with Gasteiger partial charge in [0.05, 0.1) is 5.25 Å². The smallest absolute Gasteiger partial charge is 0.235 e. The number of amides is 1. The summed E-state index contributed by atoms with van der Waals surface area (Å²) >= 11 is 1.54. The Kier molecular flexibility index (Phi) is 4.19. The molecule has 2 aliphatic rings. The fourth-order valence-corrected chi connectivity index (χ4v) is 4.87. The van der Waals surface area contributed by atoms with Crippen molar-refractivity contribution in [1.29, 1.82) is 0 Å². The molecule has 2 aromatic heterocycles. The second kappa shape index (κ2) is 6.71. The highest BCUT2D eigenvalue weighted by atomic mass is 32.2. The molecular formula is C20H23N5OS. The quantitative estimate of drug-likeness (QED) is 0.682. The van der Waals surface area contributed by atoms with Gasteiger partial charge in [0.1, 0.15) is 0 Å². The van der Waals surface area contributed by atoms with Crippen molar-refractivity contribution in [2.45, 2.75) is 49.1 Å². The fraction of sp³-hybridized carbons (Fsp3) is 0.450. The summed E-state index contributed by atoms with van der Waals surface area (Å²) in [7, 11) is 0. The Labute approximate surface area is 162 Å². The summed E-state index contributed by atoms with van der Waals surface area (Å²) < 4.78 is 2.24. The van der Waals surface area contributed by atoms with Gasteiger partial charge in [-0.15, -0.1) is 10.2 Å². The molecule has 3 aromatic rings. The number of rotatable bonds is 5. The van der Waals surface area contributed by atoms with Gasteiger partial charge in [-0.1, -0.05) is 30.0 Å². The third kappa shape index (κ3) is 3.04. The van der Waals surface area contributed by atoms with Crippen LogP contribution in [0, 0.1) is 0 Å². The van der Waals surface area contributed by atoms with Crippen molar-refractivity contribution in [1.82, 2.24) is 24.6 Å². The van der Waals surface area contributed by atoms with Gasteiger partial charge in [-0.25, -0.2) is 0 Å². The van der Waals surface area contributed by atoms with E-state index in [4.69, 9.17) is 0 Å². The predicted octanol–water partition coefficient (Wildman–Crippen LogP) is 3.86. The van der Waals surface area contributed by atoms with Crippen molar-refractivity contribution in [3.8, 4) is 11.4 Å². The third-order valence-corrected chi connectivity index (χ3v) is 6.50. The fourth-order valence-electron chi connectivity index (χ4n) is 3.86. The highest BCUT2D eigenvalue weighted by Gasteiger charge is 2.33. The number of aromatic amines is 1. The standard InChI is InChI=1S/C20H23N5OS/c1-13(19(26)24-10-4-5-11-24)27-20-23-22-18(25(20)14-8-9-14)16-12-21-17-7-3-2-6-15(16)17/h2-3,6-7,12-14,21H,4-5,8-11H2,1H3. The molecule has 140 valence electrons. The number of fused-ring (bicyclic) bond motifs is 1. The molecule has 1 N–H and O–H groups in total. The number of hydrogen-bond donors (Lipinski definition) is 1. The second-order valence-electron chi connectivity index (χ2n) is 7.45. The van der Waals surface area contributed by atoms with Crippen molar-refractivity contribution in [2.75, 3.05) is 13.1 Å². The molecule has 0 bridgehead atoms. The maximum absolute atomic E-state index is 12.7. The molecule has 1 saturated carbocycles. The summed E-state index contributed by atoms with van der Waals surface area (Å²) in [6, 6.07) is 8.70. The minimum Gasteiger partial charge on any atom is -0.360 e. The van der Waals surface area contributed by atoms with E-state index in [9.17, 15) is 4.79 Å². The Balaban J connectivity index is 1.47. The molecule has 1 aromatic carbocycles. The molecule has 1 unspecified atom stereocenters. The average Bonchev–Trinajstić information content (AvgIpc) is 3.11. The molecule has 3 heterocycles. The molecular weight excluding hydrogens is 358 g/mol. The number of likely N-dealkylation sites (tertiary alicyclic amines) is 1. The number of benzene rings is 1. The van der Waals surface area contributed by atoms with Crippen molar-refractivity contribution in [3.05, 3.63) is 30.5 Å². The van der Waals surface area contributed by atoms with Gasteiger partial charge in [0.25, 0.3) is 0 Å². The van der Waals surface area contributed by atoms with Crippen molar-refractivity contribution in [3.63, 3.8) is 0 Å². The SMILES string of the molecule is CC(Sc1nnc(-c2c[nH]c3ccccc23)n1C1CC1)C(=O)N1CCCC1. The number of thioether (sulfide) groups is 1. The largest absolute Gasteiger partial charge is 0.360 e. The Morgan fingerprint density at radius 2 is 2.00 bits per heavy atom. The second-order valence-corrected chi connectivity index (χ2v) is 8.76. The summed E-state index contributed by atoms with van der Waals surface area (Å²) in [5.41, 5.74) is 2.18. The van der Waals surface area contributed by atoms with E-state index in [1.165, 1.54) is 0 Å². The zero-order valence-corrected chi connectivity index (χ0v) is 16.2. The van der Waals surface area contributed by atoms with Crippen molar-refractivity contribution < 1.29 is 4.79 Å². The van der Waals surface area contributed by atoms with Crippen LogP contribution >= 0.6 is 11.8 Å². The van der Waals surface area contributed by atoms with Gasteiger partial charge < -0.3 is 9.88 Å². The Morgan fingerprint density at radius 3 is 2.78 bits per heavy atom. The minimum absolute atomic E-state index is 0.138. The van der Waals surface area contributed by atoms with Crippen LogP contribution in [0.2, 0.25) is 0 Å². The summed E-state index contributed by atoms with van der Waals surface area (Å²) in [4.78, 5) is 18.0. The Morgan fingerprint density at radius 1 is 1.22 bits per heavy atom. The molecule has 1 atom stereocenters. The van der Waals surface area contributed by atoms with Crippen molar-refractivity contribution >= 4 is 28.6 Å². The zero-order chi connectivity index (χ0) is 18.4. The molecule has 1 amide bonds. The lowest BCUT2D eigenvalue weighted by Gasteiger charge is -2.19. The maximum atomic E-state index is 12.7. The first-order chi connectivity index (χ1) is 13.2. The number of para-hydroxylation sites is 1. The van der Waals surface area contributed by atoms with E-state index in [1.807, 2.05) is 30.2 Å². The van der Waals surface area contributed by atoms with Crippen LogP contribution < -0.4 is 0 Å². The summed E-state index contributed by atoms with van der Waals surface area (Å²) in [6.45, 7) is 3.77. The number of carbonyl (C=O) groups excluding carboxylic acids is 1. The zero-order valence-electron chi connectivity index (χ0n) is 15.4. The molecule has 1 saturated heterocycles. The van der Waals surface area contributed by atoms with Crippen LogP contribution in [0.4, 0.5) is 0 Å². The van der Waals surface area contributed by atoms with E-state index in [-0.39, 0.29) is 11.2 Å². The number of nitrogens with zero attached hydrogens (tertiary/aromatic N) is 4. The van der Waals surface area contributed by atoms with Crippen LogP contribution in [0.25, 0.3) is 22.3 Å². The van der Waals surface area contributed by atoms with Gasteiger partial charge in [0.2, 0.25) is 5.91 Å². The van der Waals surface area contributed by atoms with Crippen LogP contribution in [-0.2, 0) is 4.79 Å². The highest BCUT2D eigenvalue weighted by molar-refractivity contribution is 8.00. The molecule has 5 rings (SSSR count). The van der Waals surface area contributed by atoms with Gasteiger partial charge in [-0.3, -0.25) is 9.36 Å². The van der Waals surface area contributed by atoms with Gasteiger partial charge in [-0.05, 0) is 38.7 Å². The summed E-state index contributed by atoms with van der Waals surface area (Å²) in [5, 5.41) is 10.9. The van der Waals surface area contributed by atoms with Gasteiger partial charge in [-0.2, -0.15) is 0 Å². The van der Waals surface area contributed by atoms with Gasteiger partial charge in [0, 0.05) is 41.8 Å². The molecule has 0 radical (unpaired) electrons. The van der Waals surface area contributed by atoms with Gasteiger partial charge in [0.15, 0.2) is 11.0 Å². The first-order valence-corrected chi connectivity index (χ1v) is 10.6. The predicted molar refractivity (Wildman–Crippen MR) is 107 cm³/mol. The van der Waals surface area contributed by atoms with Crippen LogP contribution in [0.3, 0.4) is 0 Å². The molecule has 27 heavy (non-hydrogen) atoms. The number of carbonyl (C=O) groups is 1. The molecule has 6 nitrogen and oxygen atoms in total. The summed E-state index contributed by atoms with van der Waals surface area (Å²) in [5.74, 6) is 1.12. The normalized spacial score (nSPS) is 18.3. The van der Waals surface area contributed by atoms with Crippen LogP contribution in [0.15, 0.2) is 35.6 Å². The molecule has 0 spiro atoms. The third-order valence-electron chi connectivity index (χ3n) is 5.45. The lowest BCUT2D eigenvalue weighted by atomic mass is 10.1. The number of H-pyrrole nitrogens is 1. The maximum Gasteiger partial charge on any atom is 0.235 e. The highest BCUT2D eigenvalue weighted by Crippen LogP contribution is 2.43.